The summed E-state index contributed by atoms with van der Waals surface area (Å²) in [6.45, 7) is 1.94. The Morgan fingerprint density at radius 1 is 1.19 bits per heavy atom. The number of carbonyl (C=O) groups is 2. The van der Waals surface area contributed by atoms with E-state index < -0.39 is 23.1 Å². The SMILES string of the molecule is CCOC(=O)c1c(NC(=O)c2nn(-c3ccc(F)cc3)ccc2=O)sc2c1CCCC2. The van der Waals surface area contributed by atoms with Gasteiger partial charge in [0.15, 0.2) is 5.69 Å². The van der Waals surface area contributed by atoms with Crippen LogP contribution in [0, 0.1) is 5.82 Å². The average Bonchev–Trinajstić information content (AvgIpc) is 3.12. The number of thiophene rings is 1. The van der Waals surface area contributed by atoms with Crippen molar-refractivity contribution in [2.75, 3.05) is 11.9 Å². The molecule has 3 aromatic rings. The Kier molecular flexibility index (Phi) is 5.94. The first kappa shape index (κ1) is 20.9. The Hall–Kier alpha value is -3.33. The minimum atomic E-state index is -0.717. The van der Waals surface area contributed by atoms with Gasteiger partial charge in [0.1, 0.15) is 10.8 Å². The molecule has 1 aromatic carbocycles. The number of carbonyl (C=O) groups excluding carboxylic acids is 2. The van der Waals surface area contributed by atoms with E-state index in [-0.39, 0.29) is 12.3 Å². The van der Waals surface area contributed by atoms with Gasteiger partial charge in [-0.3, -0.25) is 9.59 Å². The van der Waals surface area contributed by atoms with Crippen molar-refractivity contribution in [1.82, 2.24) is 9.78 Å². The third kappa shape index (κ3) is 4.27. The van der Waals surface area contributed by atoms with Gasteiger partial charge in [0.05, 0.1) is 17.9 Å². The molecule has 0 fully saturated rings. The van der Waals surface area contributed by atoms with Crippen molar-refractivity contribution in [2.45, 2.75) is 32.6 Å². The summed E-state index contributed by atoms with van der Waals surface area (Å²) in [5.41, 5.74) is 0.886. The lowest BCUT2D eigenvalue weighted by atomic mass is 9.95. The van der Waals surface area contributed by atoms with E-state index >= 15 is 0 Å². The summed E-state index contributed by atoms with van der Waals surface area (Å²) < 4.78 is 19.7. The molecule has 0 saturated heterocycles. The van der Waals surface area contributed by atoms with Crippen LogP contribution < -0.4 is 10.7 Å². The quantitative estimate of drug-likeness (QED) is 0.609. The molecule has 1 aliphatic rings. The number of nitrogens with one attached hydrogen (secondary N) is 1. The molecule has 1 N–H and O–H groups in total. The van der Waals surface area contributed by atoms with Gasteiger partial charge in [-0.2, -0.15) is 5.10 Å². The summed E-state index contributed by atoms with van der Waals surface area (Å²) >= 11 is 1.34. The van der Waals surface area contributed by atoms with E-state index in [1.165, 1.54) is 52.5 Å². The number of nitrogens with zero attached hydrogens (tertiary/aromatic N) is 2. The average molecular weight is 441 g/mol. The second-order valence-electron chi connectivity index (χ2n) is 7.04. The summed E-state index contributed by atoms with van der Waals surface area (Å²) in [5.74, 6) is -1.61. The second kappa shape index (κ2) is 8.81. The van der Waals surface area contributed by atoms with Gasteiger partial charge in [0.2, 0.25) is 5.43 Å². The molecule has 0 saturated carbocycles. The van der Waals surface area contributed by atoms with Gasteiger partial charge in [0, 0.05) is 17.1 Å². The Labute approximate surface area is 181 Å². The predicted molar refractivity (Wildman–Crippen MR) is 115 cm³/mol. The first-order valence-corrected chi connectivity index (χ1v) is 10.8. The fraction of sp³-hybridized carbons (Fsp3) is 0.273. The maximum absolute atomic E-state index is 13.2. The lowest BCUT2D eigenvalue weighted by molar-refractivity contribution is 0.0526. The highest BCUT2D eigenvalue weighted by Gasteiger charge is 2.28. The van der Waals surface area contributed by atoms with Crippen molar-refractivity contribution in [2.24, 2.45) is 0 Å². The lowest BCUT2D eigenvalue weighted by Gasteiger charge is -2.12. The first-order chi connectivity index (χ1) is 15.0. The van der Waals surface area contributed by atoms with Crippen LogP contribution in [-0.4, -0.2) is 28.3 Å². The van der Waals surface area contributed by atoms with E-state index in [0.717, 1.165) is 36.1 Å². The minimum Gasteiger partial charge on any atom is -0.462 e. The van der Waals surface area contributed by atoms with Gasteiger partial charge < -0.3 is 10.1 Å². The van der Waals surface area contributed by atoms with Crippen LogP contribution in [0.15, 0.2) is 41.3 Å². The molecule has 0 aliphatic heterocycles. The van der Waals surface area contributed by atoms with Gasteiger partial charge in [-0.15, -0.1) is 11.3 Å². The number of fused-ring (bicyclic) bond motifs is 1. The standard InChI is InChI=1S/C22H20FN3O4S/c1-2-30-22(29)18-15-5-3-4-6-17(15)31-21(18)24-20(28)19-16(27)11-12-26(25-19)14-9-7-13(23)8-10-14/h7-12H,2-6H2,1H3,(H,24,28). The molecule has 2 aromatic heterocycles. The van der Waals surface area contributed by atoms with Crippen molar-refractivity contribution in [3.05, 3.63) is 74.3 Å². The third-order valence-electron chi connectivity index (χ3n) is 4.99. The number of amides is 1. The van der Waals surface area contributed by atoms with Gasteiger partial charge in [-0.05, 0) is 62.4 Å². The number of ether oxygens (including phenoxy) is 1. The fourth-order valence-electron chi connectivity index (χ4n) is 3.54. The number of benzene rings is 1. The minimum absolute atomic E-state index is 0.222. The van der Waals surface area contributed by atoms with Crippen LogP contribution in [-0.2, 0) is 17.6 Å². The molecule has 2 heterocycles. The van der Waals surface area contributed by atoms with Gasteiger partial charge in [0.25, 0.3) is 5.91 Å². The molecule has 7 nitrogen and oxygen atoms in total. The zero-order valence-electron chi connectivity index (χ0n) is 16.8. The van der Waals surface area contributed by atoms with Crippen LogP contribution in [0.3, 0.4) is 0 Å². The molecule has 9 heteroatoms. The van der Waals surface area contributed by atoms with Crippen LogP contribution in [0.1, 0.15) is 51.1 Å². The Bertz CT molecular complexity index is 1200. The molecule has 0 bridgehead atoms. The number of aryl methyl sites for hydroxylation is 1. The van der Waals surface area contributed by atoms with Crippen LogP contribution >= 0.6 is 11.3 Å². The maximum Gasteiger partial charge on any atom is 0.341 e. The van der Waals surface area contributed by atoms with E-state index in [4.69, 9.17) is 4.74 Å². The van der Waals surface area contributed by atoms with E-state index in [1.807, 2.05) is 0 Å². The van der Waals surface area contributed by atoms with Gasteiger partial charge >= 0.3 is 5.97 Å². The van der Waals surface area contributed by atoms with E-state index in [0.29, 0.717) is 16.3 Å². The van der Waals surface area contributed by atoms with Crippen LogP contribution in [0.2, 0.25) is 0 Å². The van der Waals surface area contributed by atoms with Crippen LogP contribution in [0.5, 0.6) is 0 Å². The van der Waals surface area contributed by atoms with Crippen LogP contribution in [0.25, 0.3) is 5.69 Å². The Morgan fingerprint density at radius 3 is 2.68 bits per heavy atom. The molecule has 0 unspecified atom stereocenters. The molecule has 31 heavy (non-hydrogen) atoms. The van der Waals surface area contributed by atoms with Gasteiger partial charge in [-0.25, -0.2) is 13.9 Å². The summed E-state index contributed by atoms with van der Waals surface area (Å²) in [7, 11) is 0. The zero-order chi connectivity index (χ0) is 22.0. The summed E-state index contributed by atoms with van der Waals surface area (Å²) in [4.78, 5) is 38.9. The normalized spacial score (nSPS) is 12.8. The molecular weight excluding hydrogens is 421 g/mol. The molecule has 1 amide bonds. The summed E-state index contributed by atoms with van der Waals surface area (Å²) in [6, 6.07) is 6.71. The Morgan fingerprint density at radius 2 is 1.94 bits per heavy atom. The number of anilines is 1. The Balaban J connectivity index is 1.68. The molecule has 0 atom stereocenters. The number of hydrogen-bond donors (Lipinski definition) is 1. The number of hydrogen-bond acceptors (Lipinski definition) is 6. The van der Waals surface area contributed by atoms with Crippen molar-refractivity contribution in [1.29, 1.82) is 0 Å². The monoisotopic (exact) mass is 441 g/mol. The van der Waals surface area contributed by atoms with Crippen molar-refractivity contribution in [3.8, 4) is 5.69 Å². The molecule has 0 radical (unpaired) electrons. The third-order valence-corrected chi connectivity index (χ3v) is 6.20. The van der Waals surface area contributed by atoms with Crippen molar-refractivity contribution >= 4 is 28.2 Å². The fourth-order valence-corrected chi connectivity index (χ4v) is 4.81. The van der Waals surface area contributed by atoms with Crippen molar-refractivity contribution < 1.29 is 18.7 Å². The number of halogens is 1. The van der Waals surface area contributed by atoms with Crippen LogP contribution in [0.4, 0.5) is 9.39 Å². The first-order valence-electron chi connectivity index (χ1n) is 9.97. The largest absolute Gasteiger partial charge is 0.462 e. The smallest absolute Gasteiger partial charge is 0.341 e. The molecular formula is C22H20FN3O4S. The van der Waals surface area contributed by atoms with E-state index in [1.54, 1.807) is 6.92 Å². The van der Waals surface area contributed by atoms with E-state index in [9.17, 15) is 18.8 Å². The number of rotatable bonds is 5. The molecule has 0 spiro atoms. The summed E-state index contributed by atoms with van der Waals surface area (Å²) in [5, 5.41) is 7.18. The lowest BCUT2D eigenvalue weighted by Crippen LogP contribution is -2.26. The number of aromatic nitrogens is 2. The topological polar surface area (TPSA) is 90.3 Å². The van der Waals surface area contributed by atoms with Gasteiger partial charge in [-0.1, -0.05) is 0 Å². The zero-order valence-corrected chi connectivity index (χ0v) is 17.6. The van der Waals surface area contributed by atoms with Crippen molar-refractivity contribution in [3.63, 3.8) is 0 Å². The predicted octanol–water partition coefficient (Wildman–Crippen LogP) is 3.74. The second-order valence-corrected chi connectivity index (χ2v) is 8.14. The molecule has 1 aliphatic carbocycles. The molecule has 160 valence electrons. The highest BCUT2D eigenvalue weighted by atomic mass is 32.1. The maximum atomic E-state index is 13.2. The van der Waals surface area contributed by atoms with E-state index in [2.05, 4.69) is 10.4 Å². The highest BCUT2D eigenvalue weighted by Crippen LogP contribution is 2.38. The number of esters is 1. The highest BCUT2D eigenvalue weighted by molar-refractivity contribution is 7.17. The summed E-state index contributed by atoms with van der Waals surface area (Å²) in [6.07, 6.45) is 4.97. The molecule has 4 rings (SSSR count).